The Morgan fingerprint density at radius 2 is 2.35 bits per heavy atom. The summed E-state index contributed by atoms with van der Waals surface area (Å²) in [6.07, 6.45) is 2.33. The third kappa shape index (κ3) is 3.85. The molecule has 0 aliphatic carbocycles. The highest BCUT2D eigenvalue weighted by atomic mass is 127. The van der Waals surface area contributed by atoms with Crippen molar-refractivity contribution in [3.05, 3.63) is 27.3 Å². The summed E-state index contributed by atoms with van der Waals surface area (Å²) in [6, 6.07) is 5.14. The van der Waals surface area contributed by atoms with Crippen molar-refractivity contribution in [2.45, 2.75) is 19.8 Å². The highest BCUT2D eigenvalue weighted by Crippen LogP contribution is 2.22. The summed E-state index contributed by atoms with van der Waals surface area (Å²) in [7, 11) is 0. The molecular formula is C15H21IN2O2. The molecule has 0 saturated carbocycles. The number of phenolic OH excluding ortho intramolecular Hbond substituents is 1. The number of carbonyl (C=O) groups is 1. The Bertz CT molecular complexity index is 473. The average molecular weight is 388 g/mol. The van der Waals surface area contributed by atoms with E-state index in [4.69, 9.17) is 0 Å². The van der Waals surface area contributed by atoms with Gasteiger partial charge in [0.1, 0.15) is 5.75 Å². The Hall–Kier alpha value is -0.820. The minimum atomic E-state index is -0.0749. The predicted octanol–water partition coefficient (Wildman–Crippen LogP) is 2.46. The van der Waals surface area contributed by atoms with Gasteiger partial charge in [-0.1, -0.05) is 0 Å². The van der Waals surface area contributed by atoms with Gasteiger partial charge >= 0.3 is 0 Å². The number of aromatic hydroxyl groups is 1. The predicted molar refractivity (Wildman–Crippen MR) is 88.0 cm³/mol. The summed E-state index contributed by atoms with van der Waals surface area (Å²) in [5, 5.41) is 13.3. The molecule has 1 aliphatic rings. The second kappa shape index (κ2) is 7.26. The van der Waals surface area contributed by atoms with E-state index in [0.29, 0.717) is 18.0 Å². The molecule has 0 aromatic heterocycles. The molecule has 1 unspecified atom stereocenters. The molecule has 1 saturated heterocycles. The van der Waals surface area contributed by atoms with Gasteiger partial charge in [-0.3, -0.25) is 4.79 Å². The van der Waals surface area contributed by atoms with Crippen LogP contribution in [-0.2, 0) is 0 Å². The van der Waals surface area contributed by atoms with Crippen LogP contribution in [0.5, 0.6) is 5.75 Å². The van der Waals surface area contributed by atoms with Gasteiger partial charge in [-0.15, -0.1) is 0 Å². The molecule has 0 radical (unpaired) electrons. The van der Waals surface area contributed by atoms with Crippen LogP contribution in [0.25, 0.3) is 0 Å². The average Bonchev–Trinajstić information content (AvgIpc) is 2.47. The maximum absolute atomic E-state index is 12.6. The SMILES string of the molecule is CCN(CC1CCCNC1)C(=O)c1cc(I)ccc1O. The van der Waals surface area contributed by atoms with Crippen LogP contribution >= 0.6 is 22.6 Å². The minimum absolute atomic E-state index is 0.0654. The first-order valence-corrected chi connectivity index (χ1v) is 8.18. The van der Waals surface area contributed by atoms with Crippen LogP contribution in [0.4, 0.5) is 0 Å². The number of piperidine rings is 1. The molecule has 2 N–H and O–H groups in total. The van der Waals surface area contributed by atoms with Crippen LogP contribution < -0.4 is 5.32 Å². The fourth-order valence-corrected chi connectivity index (χ4v) is 3.09. The van der Waals surface area contributed by atoms with E-state index in [-0.39, 0.29) is 11.7 Å². The smallest absolute Gasteiger partial charge is 0.257 e. The summed E-state index contributed by atoms with van der Waals surface area (Å²) < 4.78 is 0.958. The summed E-state index contributed by atoms with van der Waals surface area (Å²) in [5.41, 5.74) is 0.405. The Balaban J connectivity index is 2.09. The topological polar surface area (TPSA) is 52.6 Å². The molecule has 20 heavy (non-hydrogen) atoms. The quantitative estimate of drug-likeness (QED) is 0.780. The largest absolute Gasteiger partial charge is 0.507 e. The molecule has 0 spiro atoms. The molecule has 1 atom stereocenters. The number of benzene rings is 1. The first kappa shape index (κ1) is 15.6. The van der Waals surface area contributed by atoms with Gasteiger partial charge in [0.05, 0.1) is 5.56 Å². The zero-order valence-electron chi connectivity index (χ0n) is 11.7. The van der Waals surface area contributed by atoms with Crippen molar-refractivity contribution in [1.29, 1.82) is 0 Å². The summed E-state index contributed by atoms with van der Waals surface area (Å²) in [4.78, 5) is 14.4. The van der Waals surface area contributed by atoms with Crippen LogP contribution in [0, 0.1) is 9.49 Å². The monoisotopic (exact) mass is 388 g/mol. The third-order valence-electron chi connectivity index (χ3n) is 3.74. The van der Waals surface area contributed by atoms with E-state index in [9.17, 15) is 9.90 Å². The summed E-state index contributed by atoms with van der Waals surface area (Å²) in [5.74, 6) is 0.502. The van der Waals surface area contributed by atoms with Crippen LogP contribution in [0.3, 0.4) is 0 Å². The molecule has 0 bridgehead atoms. The lowest BCUT2D eigenvalue weighted by molar-refractivity contribution is 0.0726. The Kier molecular flexibility index (Phi) is 5.65. The number of hydrogen-bond donors (Lipinski definition) is 2. The summed E-state index contributed by atoms with van der Waals surface area (Å²) >= 11 is 2.15. The second-order valence-electron chi connectivity index (χ2n) is 5.22. The number of rotatable bonds is 4. The third-order valence-corrected chi connectivity index (χ3v) is 4.41. The molecule has 1 fully saturated rings. The molecular weight excluding hydrogens is 367 g/mol. The number of phenols is 1. The molecule has 5 heteroatoms. The number of amides is 1. The van der Waals surface area contributed by atoms with E-state index in [2.05, 4.69) is 27.9 Å². The van der Waals surface area contributed by atoms with Gasteiger partial charge in [0, 0.05) is 16.7 Å². The Morgan fingerprint density at radius 3 is 3.00 bits per heavy atom. The Labute approximate surface area is 133 Å². The molecule has 1 aliphatic heterocycles. The lowest BCUT2D eigenvalue weighted by atomic mass is 9.98. The van der Waals surface area contributed by atoms with Gasteiger partial charge < -0.3 is 15.3 Å². The Morgan fingerprint density at radius 1 is 1.55 bits per heavy atom. The van der Waals surface area contributed by atoms with Gasteiger partial charge in [0.25, 0.3) is 5.91 Å². The van der Waals surface area contributed by atoms with E-state index >= 15 is 0 Å². The molecule has 1 heterocycles. The van der Waals surface area contributed by atoms with Gasteiger partial charge in [0.2, 0.25) is 0 Å². The number of nitrogens with zero attached hydrogens (tertiary/aromatic N) is 1. The van der Waals surface area contributed by atoms with Crippen molar-refractivity contribution < 1.29 is 9.90 Å². The molecule has 1 aromatic rings. The lowest BCUT2D eigenvalue weighted by Crippen LogP contribution is -2.41. The lowest BCUT2D eigenvalue weighted by Gasteiger charge is -2.29. The first-order chi connectivity index (χ1) is 9.61. The van der Waals surface area contributed by atoms with Gasteiger partial charge in [-0.2, -0.15) is 0 Å². The fraction of sp³-hybridized carbons (Fsp3) is 0.533. The van der Waals surface area contributed by atoms with Crippen molar-refractivity contribution >= 4 is 28.5 Å². The van der Waals surface area contributed by atoms with Crippen LogP contribution in [0.15, 0.2) is 18.2 Å². The van der Waals surface area contributed by atoms with E-state index < -0.39 is 0 Å². The van der Waals surface area contributed by atoms with Crippen LogP contribution in [0.1, 0.15) is 30.1 Å². The van der Waals surface area contributed by atoms with E-state index in [1.165, 1.54) is 6.42 Å². The summed E-state index contributed by atoms with van der Waals surface area (Å²) in [6.45, 7) is 5.46. The minimum Gasteiger partial charge on any atom is -0.507 e. The van der Waals surface area contributed by atoms with Crippen molar-refractivity contribution in [1.82, 2.24) is 10.2 Å². The van der Waals surface area contributed by atoms with E-state index in [1.54, 1.807) is 18.2 Å². The molecule has 2 rings (SSSR count). The number of halogens is 1. The highest BCUT2D eigenvalue weighted by molar-refractivity contribution is 14.1. The van der Waals surface area contributed by atoms with Gasteiger partial charge in [0.15, 0.2) is 0 Å². The molecule has 1 aromatic carbocycles. The highest BCUT2D eigenvalue weighted by Gasteiger charge is 2.22. The van der Waals surface area contributed by atoms with Crippen molar-refractivity contribution in [3.63, 3.8) is 0 Å². The number of carbonyl (C=O) groups excluding carboxylic acids is 1. The van der Waals surface area contributed by atoms with Gasteiger partial charge in [-0.05, 0) is 79.6 Å². The van der Waals surface area contributed by atoms with Crippen LogP contribution in [0.2, 0.25) is 0 Å². The normalized spacial score (nSPS) is 18.8. The maximum Gasteiger partial charge on any atom is 0.257 e. The zero-order chi connectivity index (χ0) is 14.5. The van der Waals surface area contributed by atoms with Crippen molar-refractivity contribution in [3.8, 4) is 5.75 Å². The molecule has 1 amide bonds. The van der Waals surface area contributed by atoms with E-state index in [0.717, 1.165) is 29.6 Å². The number of hydrogen-bond acceptors (Lipinski definition) is 3. The maximum atomic E-state index is 12.6. The fourth-order valence-electron chi connectivity index (χ4n) is 2.60. The second-order valence-corrected chi connectivity index (χ2v) is 6.46. The molecule has 4 nitrogen and oxygen atoms in total. The van der Waals surface area contributed by atoms with Crippen molar-refractivity contribution in [2.75, 3.05) is 26.2 Å². The van der Waals surface area contributed by atoms with Gasteiger partial charge in [-0.25, -0.2) is 0 Å². The van der Waals surface area contributed by atoms with Crippen molar-refractivity contribution in [2.24, 2.45) is 5.92 Å². The number of nitrogens with one attached hydrogen (secondary N) is 1. The van der Waals surface area contributed by atoms with Crippen LogP contribution in [-0.4, -0.2) is 42.1 Å². The standard InChI is InChI=1S/C15H21IN2O2/c1-2-18(10-11-4-3-7-17-9-11)15(20)13-8-12(16)5-6-14(13)19/h5-6,8,11,17,19H,2-4,7,9-10H2,1H3. The zero-order valence-corrected chi connectivity index (χ0v) is 13.9. The molecule has 110 valence electrons. The first-order valence-electron chi connectivity index (χ1n) is 7.10. The van der Waals surface area contributed by atoms with E-state index in [1.807, 2.05) is 11.8 Å².